The van der Waals surface area contributed by atoms with Crippen molar-refractivity contribution in [3.05, 3.63) is 59.7 Å². The Labute approximate surface area is 127 Å². The molecule has 1 fully saturated rings. The van der Waals surface area contributed by atoms with Gasteiger partial charge in [-0.1, -0.05) is 61.4 Å². The predicted octanol–water partition coefficient (Wildman–Crippen LogP) is 4.41. The summed E-state index contributed by atoms with van der Waals surface area (Å²) < 4.78 is 5.82. The Morgan fingerprint density at radius 2 is 1.57 bits per heavy atom. The molecule has 0 amide bonds. The minimum Gasteiger partial charge on any atom is -0.352 e. The first kappa shape index (κ1) is 13.5. The van der Waals surface area contributed by atoms with E-state index in [-0.39, 0.29) is 11.5 Å². The summed E-state index contributed by atoms with van der Waals surface area (Å²) in [6, 6.07) is 17.4. The maximum atomic E-state index is 9.36. The molecule has 0 aliphatic heterocycles. The van der Waals surface area contributed by atoms with Crippen molar-refractivity contribution in [1.82, 2.24) is 0 Å². The Hall–Kier alpha value is -1.21. The summed E-state index contributed by atoms with van der Waals surface area (Å²) in [5, 5.41) is 0. The van der Waals surface area contributed by atoms with Gasteiger partial charge in [-0.2, -0.15) is 0 Å². The fourth-order valence-electron chi connectivity index (χ4n) is 4.34. The number of benzene rings is 2. The maximum Gasteiger partial charge on any atom is 0.152 e. The van der Waals surface area contributed by atoms with E-state index in [1.807, 2.05) is 0 Å². The van der Waals surface area contributed by atoms with Gasteiger partial charge in [0.1, 0.15) is 0 Å². The molecule has 2 nitrogen and oxygen atoms in total. The van der Waals surface area contributed by atoms with E-state index < -0.39 is 9.03 Å². The predicted molar refractivity (Wildman–Crippen MR) is 86.5 cm³/mol. The van der Waals surface area contributed by atoms with Crippen LogP contribution in [0.5, 0.6) is 0 Å². The van der Waals surface area contributed by atoms with Crippen LogP contribution in [0.2, 0.25) is 0 Å². The fourth-order valence-corrected chi connectivity index (χ4v) is 4.79. The summed E-state index contributed by atoms with van der Waals surface area (Å²) in [5.74, 6) is 0. The van der Waals surface area contributed by atoms with Gasteiger partial charge >= 0.3 is 0 Å². The zero-order valence-electron chi connectivity index (χ0n) is 11.9. The number of hydrogen-bond donors (Lipinski definition) is 1. The van der Waals surface area contributed by atoms with Crippen molar-refractivity contribution >= 4 is 9.03 Å². The molecule has 0 bridgehead atoms. The number of fused-ring (bicyclic) bond motifs is 5. The van der Waals surface area contributed by atoms with Gasteiger partial charge in [-0.15, -0.1) is 0 Å². The summed E-state index contributed by atoms with van der Waals surface area (Å²) in [6.45, 7) is 0. The minimum atomic E-state index is -0.436. The molecule has 1 saturated carbocycles. The van der Waals surface area contributed by atoms with Crippen molar-refractivity contribution in [2.75, 3.05) is 0 Å². The molecule has 3 heteroatoms. The highest BCUT2D eigenvalue weighted by Gasteiger charge is 2.50. The first-order valence-electron chi connectivity index (χ1n) is 7.62. The third-order valence-corrected chi connectivity index (χ3v) is 5.53. The highest BCUT2D eigenvalue weighted by molar-refractivity contribution is 7.25. The molecule has 0 saturated heterocycles. The third-order valence-electron chi connectivity index (χ3n) is 5.14. The van der Waals surface area contributed by atoms with Gasteiger partial charge in [0, 0.05) is 5.41 Å². The molecule has 2 aromatic carbocycles. The minimum absolute atomic E-state index is 0.0683. The summed E-state index contributed by atoms with van der Waals surface area (Å²) in [6.07, 6.45) is 4.62. The fraction of sp³-hybridized carbons (Fsp3) is 0.333. The molecule has 0 aromatic heterocycles. The second-order valence-corrected chi connectivity index (χ2v) is 6.42. The van der Waals surface area contributed by atoms with Crippen LogP contribution in [0.3, 0.4) is 0 Å². The van der Waals surface area contributed by atoms with Crippen LogP contribution < -0.4 is 0 Å². The molecule has 0 heterocycles. The van der Waals surface area contributed by atoms with Gasteiger partial charge in [-0.25, -0.2) is 0 Å². The van der Waals surface area contributed by atoms with E-state index in [4.69, 9.17) is 4.52 Å². The van der Waals surface area contributed by atoms with E-state index in [0.717, 1.165) is 12.8 Å². The first-order valence-corrected chi connectivity index (χ1v) is 8.47. The average Bonchev–Trinajstić information content (AvgIpc) is 2.82. The highest BCUT2D eigenvalue weighted by atomic mass is 31.1. The van der Waals surface area contributed by atoms with Crippen LogP contribution in [0.1, 0.15) is 36.8 Å². The Kier molecular flexibility index (Phi) is 3.34. The molecule has 21 heavy (non-hydrogen) atoms. The van der Waals surface area contributed by atoms with E-state index in [9.17, 15) is 4.89 Å². The Morgan fingerprint density at radius 3 is 2.19 bits per heavy atom. The van der Waals surface area contributed by atoms with E-state index >= 15 is 0 Å². The van der Waals surface area contributed by atoms with Crippen LogP contribution in [0.15, 0.2) is 48.5 Å². The van der Waals surface area contributed by atoms with E-state index in [0.29, 0.717) is 0 Å². The normalized spacial score (nSPS) is 22.6. The van der Waals surface area contributed by atoms with Crippen molar-refractivity contribution < 1.29 is 9.42 Å². The third kappa shape index (κ3) is 1.83. The standard InChI is InChI=1S/C18H19O2P/c19-21-20-17-11-5-6-12-18(17)15-9-3-1-7-13(15)14-8-2-4-10-16(14)18/h1-4,7-10,17,19,21H,5-6,11-12H2. The molecule has 2 aliphatic carbocycles. The lowest BCUT2D eigenvalue weighted by atomic mass is 9.66. The van der Waals surface area contributed by atoms with Crippen LogP contribution in [-0.4, -0.2) is 11.0 Å². The van der Waals surface area contributed by atoms with Crippen molar-refractivity contribution in [2.45, 2.75) is 37.2 Å². The zero-order chi connectivity index (χ0) is 14.3. The molecule has 2 unspecified atom stereocenters. The monoisotopic (exact) mass is 298 g/mol. The van der Waals surface area contributed by atoms with Crippen molar-refractivity contribution in [3.8, 4) is 11.1 Å². The van der Waals surface area contributed by atoms with Crippen LogP contribution in [0, 0.1) is 0 Å². The largest absolute Gasteiger partial charge is 0.352 e. The Bertz CT molecular complexity index is 620. The summed E-state index contributed by atoms with van der Waals surface area (Å²) in [4.78, 5) is 9.36. The van der Waals surface area contributed by atoms with Crippen molar-refractivity contribution in [2.24, 2.45) is 0 Å². The molecule has 0 radical (unpaired) electrons. The molecular formula is C18H19O2P. The van der Waals surface area contributed by atoms with Crippen LogP contribution in [0.4, 0.5) is 0 Å². The molecule has 108 valence electrons. The highest BCUT2D eigenvalue weighted by Crippen LogP contribution is 2.56. The van der Waals surface area contributed by atoms with Gasteiger partial charge in [0.2, 0.25) is 0 Å². The van der Waals surface area contributed by atoms with Crippen LogP contribution in [0.25, 0.3) is 11.1 Å². The molecular weight excluding hydrogens is 279 g/mol. The summed E-state index contributed by atoms with van der Waals surface area (Å²) >= 11 is 0. The van der Waals surface area contributed by atoms with Gasteiger partial charge in [-0.3, -0.25) is 0 Å². The smallest absolute Gasteiger partial charge is 0.152 e. The number of hydrogen-bond acceptors (Lipinski definition) is 2. The lowest BCUT2D eigenvalue weighted by Gasteiger charge is -2.42. The maximum absolute atomic E-state index is 9.36. The van der Waals surface area contributed by atoms with Gasteiger partial charge in [0.25, 0.3) is 0 Å². The Balaban J connectivity index is 1.98. The van der Waals surface area contributed by atoms with Crippen molar-refractivity contribution in [3.63, 3.8) is 0 Å². The molecule has 2 atom stereocenters. The topological polar surface area (TPSA) is 29.5 Å². The second-order valence-electron chi connectivity index (χ2n) is 6.01. The summed E-state index contributed by atoms with van der Waals surface area (Å²) in [7, 11) is -0.436. The first-order chi connectivity index (χ1) is 10.4. The van der Waals surface area contributed by atoms with Gasteiger partial charge in [0.15, 0.2) is 9.03 Å². The van der Waals surface area contributed by atoms with Crippen molar-refractivity contribution in [1.29, 1.82) is 0 Å². The lowest BCUT2D eigenvalue weighted by molar-refractivity contribution is 0.0962. The lowest BCUT2D eigenvalue weighted by Crippen LogP contribution is -2.42. The quantitative estimate of drug-likeness (QED) is 0.832. The Morgan fingerprint density at radius 1 is 0.952 bits per heavy atom. The molecule has 1 spiro atoms. The SMILES string of the molecule is OPOC1CCCCC12c1ccccc1-c1ccccc12. The molecule has 2 aromatic rings. The van der Waals surface area contributed by atoms with E-state index in [1.54, 1.807) is 0 Å². The average molecular weight is 298 g/mol. The molecule has 4 rings (SSSR count). The second kappa shape index (κ2) is 5.21. The summed E-state index contributed by atoms with van der Waals surface area (Å²) in [5.41, 5.74) is 5.37. The van der Waals surface area contributed by atoms with E-state index in [1.165, 1.54) is 35.1 Å². The van der Waals surface area contributed by atoms with Gasteiger partial charge < -0.3 is 9.42 Å². The van der Waals surface area contributed by atoms with E-state index in [2.05, 4.69) is 48.5 Å². The zero-order valence-corrected chi connectivity index (χ0v) is 12.9. The number of rotatable bonds is 2. The molecule has 1 N–H and O–H groups in total. The molecule has 2 aliphatic rings. The van der Waals surface area contributed by atoms with Crippen LogP contribution in [-0.2, 0) is 9.94 Å². The van der Waals surface area contributed by atoms with Gasteiger partial charge in [0.05, 0.1) is 6.10 Å². The van der Waals surface area contributed by atoms with Crippen LogP contribution >= 0.6 is 9.03 Å². The van der Waals surface area contributed by atoms with Gasteiger partial charge in [-0.05, 0) is 35.1 Å².